The van der Waals surface area contributed by atoms with Crippen molar-refractivity contribution < 1.29 is 18.8 Å². The van der Waals surface area contributed by atoms with Gasteiger partial charge in [0, 0.05) is 11.8 Å². The van der Waals surface area contributed by atoms with Crippen molar-refractivity contribution in [2.75, 3.05) is 14.2 Å². The van der Waals surface area contributed by atoms with Crippen molar-refractivity contribution in [2.24, 2.45) is 0 Å². The van der Waals surface area contributed by atoms with Gasteiger partial charge in [-0.15, -0.1) is 0 Å². The summed E-state index contributed by atoms with van der Waals surface area (Å²) in [5.41, 5.74) is 0.797. The van der Waals surface area contributed by atoms with Crippen LogP contribution in [0.15, 0.2) is 22.7 Å². The smallest absolute Gasteiger partial charge is 0.232 e. The molecule has 25 heavy (non-hydrogen) atoms. The minimum Gasteiger partial charge on any atom is -0.493 e. The lowest BCUT2D eigenvalue weighted by Gasteiger charge is -2.10. The highest BCUT2D eigenvalue weighted by Gasteiger charge is 2.21. The maximum absolute atomic E-state index is 12.0. The molecule has 1 amide bonds. The Hall–Kier alpha value is -2.57. The number of hydrogen-bond acceptors (Lipinski definition) is 6. The van der Waals surface area contributed by atoms with Gasteiger partial charge in [0.25, 0.3) is 0 Å². The van der Waals surface area contributed by atoms with Gasteiger partial charge in [-0.05, 0) is 24.1 Å². The summed E-state index contributed by atoms with van der Waals surface area (Å²) >= 11 is 0. The average molecular weight is 347 g/mol. The van der Waals surface area contributed by atoms with Crippen LogP contribution in [-0.2, 0) is 23.2 Å². The molecule has 1 heterocycles. The number of rotatable bonds is 7. The van der Waals surface area contributed by atoms with E-state index in [4.69, 9.17) is 14.0 Å². The van der Waals surface area contributed by atoms with Crippen LogP contribution in [0.1, 0.15) is 44.5 Å². The molecule has 1 aromatic carbocycles. The number of carbonyl (C=O) groups excluding carboxylic acids is 1. The van der Waals surface area contributed by atoms with E-state index in [0.29, 0.717) is 36.1 Å². The number of nitrogens with one attached hydrogen (secondary N) is 1. The summed E-state index contributed by atoms with van der Waals surface area (Å²) in [7, 11) is 3.18. The lowest BCUT2D eigenvalue weighted by atomic mass is 9.97. The largest absolute Gasteiger partial charge is 0.493 e. The number of carbonyl (C=O) groups is 1. The SMILES string of the molecule is COc1ccc(CCC(=O)NCc2noc(C(C)(C)C)n2)cc1OC. The zero-order chi connectivity index (χ0) is 18.4. The third kappa shape index (κ3) is 5.20. The molecule has 0 unspecified atom stereocenters. The maximum Gasteiger partial charge on any atom is 0.232 e. The van der Waals surface area contributed by atoms with Gasteiger partial charge in [0.15, 0.2) is 17.3 Å². The molecule has 2 rings (SSSR count). The van der Waals surface area contributed by atoms with Crippen LogP contribution in [0, 0.1) is 0 Å². The molecule has 0 spiro atoms. The Morgan fingerprint density at radius 2 is 1.92 bits per heavy atom. The van der Waals surface area contributed by atoms with Crippen molar-refractivity contribution in [3.05, 3.63) is 35.5 Å². The molecule has 7 nitrogen and oxygen atoms in total. The number of aryl methyl sites for hydroxylation is 1. The number of benzene rings is 1. The average Bonchev–Trinajstić information content (AvgIpc) is 3.07. The number of aromatic nitrogens is 2. The van der Waals surface area contributed by atoms with Crippen LogP contribution in [0.3, 0.4) is 0 Å². The second kappa shape index (κ2) is 8.00. The molecule has 7 heteroatoms. The third-order valence-corrected chi connectivity index (χ3v) is 3.64. The Kier molecular flexibility index (Phi) is 6.01. The minimum atomic E-state index is -0.206. The Balaban J connectivity index is 1.84. The highest BCUT2D eigenvalue weighted by Crippen LogP contribution is 2.27. The molecule has 0 saturated heterocycles. The zero-order valence-electron chi connectivity index (χ0n) is 15.4. The topological polar surface area (TPSA) is 86.5 Å². The first-order chi connectivity index (χ1) is 11.8. The maximum atomic E-state index is 12.0. The number of hydrogen-bond donors (Lipinski definition) is 1. The molecule has 0 radical (unpaired) electrons. The summed E-state index contributed by atoms with van der Waals surface area (Å²) in [6, 6.07) is 5.63. The van der Waals surface area contributed by atoms with E-state index in [1.807, 2.05) is 39.0 Å². The fraction of sp³-hybridized carbons (Fsp3) is 0.500. The van der Waals surface area contributed by atoms with E-state index >= 15 is 0 Å². The van der Waals surface area contributed by atoms with Crippen molar-refractivity contribution in [1.29, 1.82) is 0 Å². The fourth-order valence-electron chi connectivity index (χ4n) is 2.19. The number of amides is 1. The van der Waals surface area contributed by atoms with Gasteiger partial charge in [0.05, 0.1) is 20.8 Å². The first kappa shape index (κ1) is 18.8. The van der Waals surface area contributed by atoms with E-state index in [2.05, 4.69) is 15.5 Å². The second-order valence-electron chi connectivity index (χ2n) is 6.73. The molecule has 136 valence electrons. The molecule has 0 atom stereocenters. The molecule has 0 fully saturated rings. The lowest BCUT2D eigenvalue weighted by Crippen LogP contribution is -2.23. The van der Waals surface area contributed by atoms with Crippen molar-refractivity contribution in [2.45, 2.75) is 45.6 Å². The van der Waals surface area contributed by atoms with Gasteiger partial charge in [0.2, 0.25) is 11.8 Å². The van der Waals surface area contributed by atoms with Crippen molar-refractivity contribution in [3.63, 3.8) is 0 Å². The summed E-state index contributed by atoms with van der Waals surface area (Å²) in [4.78, 5) is 16.3. The standard InChI is InChI=1S/C18H25N3O4/c1-18(2,3)17-20-15(21-25-17)11-19-16(22)9-7-12-6-8-13(23-4)14(10-12)24-5/h6,8,10H,7,9,11H2,1-5H3,(H,19,22). The number of nitrogens with zero attached hydrogens (tertiary/aromatic N) is 2. The predicted octanol–water partition coefficient (Wildman–Crippen LogP) is 2.63. The van der Waals surface area contributed by atoms with E-state index in [9.17, 15) is 4.79 Å². The molecule has 1 N–H and O–H groups in total. The highest BCUT2D eigenvalue weighted by molar-refractivity contribution is 5.76. The number of methoxy groups -OCH3 is 2. The van der Waals surface area contributed by atoms with E-state index in [1.165, 1.54) is 0 Å². The van der Waals surface area contributed by atoms with Crippen LogP contribution in [0.5, 0.6) is 11.5 Å². The first-order valence-electron chi connectivity index (χ1n) is 8.14. The molecule has 0 aliphatic rings. The van der Waals surface area contributed by atoms with Gasteiger partial charge in [-0.25, -0.2) is 0 Å². The molecule has 1 aromatic heterocycles. The van der Waals surface area contributed by atoms with Crippen LogP contribution in [-0.4, -0.2) is 30.3 Å². The minimum absolute atomic E-state index is 0.0723. The van der Waals surface area contributed by atoms with Crippen LogP contribution in [0.4, 0.5) is 0 Å². The Labute approximate surface area is 147 Å². The van der Waals surface area contributed by atoms with Crippen molar-refractivity contribution in [1.82, 2.24) is 15.5 Å². The summed E-state index contributed by atoms with van der Waals surface area (Å²) in [5.74, 6) is 2.28. The van der Waals surface area contributed by atoms with Gasteiger partial charge in [-0.3, -0.25) is 4.79 Å². The second-order valence-corrected chi connectivity index (χ2v) is 6.73. The van der Waals surface area contributed by atoms with Crippen LogP contribution in [0.25, 0.3) is 0 Å². The summed E-state index contributed by atoms with van der Waals surface area (Å²) < 4.78 is 15.7. The van der Waals surface area contributed by atoms with Gasteiger partial charge in [-0.1, -0.05) is 32.0 Å². The Morgan fingerprint density at radius 1 is 1.20 bits per heavy atom. The molecule has 2 aromatic rings. The molecule has 0 bridgehead atoms. The van der Waals surface area contributed by atoms with Crippen LogP contribution < -0.4 is 14.8 Å². The van der Waals surface area contributed by atoms with Crippen LogP contribution in [0.2, 0.25) is 0 Å². The summed E-state index contributed by atoms with van der Waals surface area (Å²) in [5, 5.41) is 6.69. The molecule has 0 saturated carbocycles. The van der Waals surface area contributed by atoms with Crippen molar-refractivity contribution >= 4 is 5.91 Å². The normalized spacial score (nSPS) is 11.2. The van der Waals surface area contributed by atoms with Crippen LogP contribution >= 0.6 is 0 Å². The molecular weight excluding hydrogens is 322 g/mol. The van der Waals surface area contributed by atoms with Gasteiger partial charge in [-0.2, -0.15) is 4.98 Å². The summed E-state index contributed by atoms with van der Waals surface area (Å²) in [6.45, 7) is 6.23. The zero-order valence-corrected chi connectivity index (χ0v) is 15.4. The monoisotopic (exact) mass is 347 g/mol. The summed E-state index contributed by atoms with van der Waals surface area (Å²) in [6.07, 6.45) is 0.963. The number of ether oxygens (including phenoxy) is 2. The van der Waals surface area contributed by atoms with Crippen molar-refractivity contribution in [3.8, 4) is 11.5 Å². The quantitative estimate of drug-likeness (QED) is 0.828. The van der Waals surface area contributed by atoms with E-state index < -0.39 is 0 Å². The Morgan fingerprint density at radius 3 is 2.52 bits per heavy atom. The van der Waals surface area contributed by atoms with E-state index in [1.54, 1.807) is 14.2 Å². The van der Waals surface area contributed by atoms with Gasteiger partial charge >= 0.3 is 0 Å². The molecule has 0 aliphatic heterocycles. The molecule has 0 aliphatic carbocycles. The predicted molar refractivity (Wildman–Crippen MR) is 92.7 cm³/mol. The lowest BCUT2D eigenvalue weighted by molar-refractivity contribution is -0.121. The van der Waals surface area contributed by atoms with E-state index in [0.717, 1.165) is 5.56 Å². The first-order valence-corrected chi connectivity index (χ1v) is 8.14. The fourth-order valence-corrected chi connectivity index (χ4v) is 2.19. The van der Waals surface area contributed by atoms with Gasteiger partial charge < -0.3 is 19.3 Å². The molecular formula is C18H25N3O4. The Bertz CT molecular complexity index is 719. The van der Waals surface area contributed by atoms with Gasteiger partial charge in [0.1, 0.15) is 0 Å². The highest BCUT2D eigenvalue weighted by atomic mass is 16.5. The van der Waals surface area contributed by atoms with E-state index in [-0.39, 0.29) is 17.9 Å². The third-order valence-electron chi connectivity index (χ3n) is 3.64.